The van der Waals surface area contributed by atoms with E-state index in [0.29, 0.717) is 36.8 Å². The molecular weight excluding hydrogens is 415 g/mol. The number of carboxylic acid groups (broad SMARTS) is 1. The summed E-state index contributed by atoms with van der Waals surface area (Å²) in [6, 6.07) is 6.58. The van der Waals surface area contributed by atoms with Crippen LogP contribution < -0.4 is 5.32 Å². The first-order valence-electron chi connectivity index (χ1n) is 10.2. The Kier molecular flexibility index (Phi) is 5.13. The molecule has 3 aromatic heterocycles. The van der Waals surface area contributed by atoms with E-state index in [1.165, 1.54) is 11.0 Å². The molecule has 1 amide bonds. The third kappa shape index (κ3) is 4.09. The number of benzene rings is 1. The van der Waals surface area contributed by atoms with E-state index >= 15 is 0 Å². The van der Waals surface area contributed by atoms with Crippen LogP contribution in [0.15, 0.2) is 49.1 Å². The third-order valence-electron chi connectivity index (χ3n) is 5.55. The minimum absolute atomic E-state index is 0.235. The largest absolute Gasteiger partial charge is 0.465 e. The van der Waals surface area contributed by atoms with Crippen LogP contribution in [0.25, 0.3) is 11.0 Å². The van der Waals surface area contributed by atoms with Crippen LogP contribution in [0.1, 0.15) is 12.0 Å². The zero-order valence-corrected chi connectivity index (χ0v) is 17.1. The van der Waals surface area contributed by atoms with Gasteiger partial charge in [0, 0.05) is 37.6 Å². The number of aromatic nitrogens is 6. The standard InChI is InChI=1S/C21H21FN8O2/c22-18-4-2-1-3-15(18)12-30-19-16(8-25-30)7-23-20(27-19)26-17-9-24-29(13-17)11-14-5-6-28(10-14)21(31)32/h1-4,7-9,13-14H,5-6,10-12H2,(H,31,32)(H,23,26,27). The quantitative estimate of drug-likeness (QED) is 0.478. The van der Waals surface area contributed by atoms with Crippen molar-refractivity contribution in [1.82, 2.24) is 34.4 Å². The van der Waals surface area contributed by atoms with Crippen molar-refractivity contribution < 1.29 is 14.3 Å². The van der Waals surface area contributed by atoms with Gasteiger partial charge in [0.05, 0.1) is 30.0 Å². The Morgan fingerprint density at radius 2 is 2.09 bits per heavy atom. The highest BCUT2D eigenvalue weighted by Crippen LogP contribution is 2.21. The van der Waals surface area contributed by atoms with Crippen molar-refractivity contribution >= 4 is 28.8 Å². The molecule has 4 heterocycles. The lowest BCUT2D eigenvalue weighted by Gasteiger charge is -2.12. The molecule has 1 saturated heterocycles. The van der Waals surface area contributed by atoms with Crippen molar-refractivity contribution in [2.45, 2.75) is 19.5 Å². The Morgan fingerprint density at radius 3 is 2.91 bits per heavy atom. The molecule has 164 valence electrons. The SMILES string of the molecule is O=C(O)N1CCC(Cn2cc(Nc3ncc4cnn(Cc5ccccc5F)c4n3)cn2)C1. The topological polar surface area (TPSA) is 114 Å². The number of likely N-dealkylation sites (tertiary alicyclic amines) is 1. The number of hydrogen-bond acceptors (Lipinski definition) is 6. The number of halogens is 1. The normalized spacial score (nSPS) is 16.0. The lowest BCUT2D eigenvalue weighted by molar-refractivity contribution is 0.153. The summed E-state index contributed by atoms with van der Waals surface area (Å²) < 4.78 is 17.5. The zero-order chi connectivity index (χ0) is 22.1. The molecule has 1 aliphatic heterocycles. The Hall–Kier alpha value is -4.02. The van der Waals surface area contributed by atoms with Gasteiger partial charge in [0.15, 0.2) is 5.65 Å². The first-order chi connectivity index (χ1) is 15.5. The van der Waals surface area contributed by atoms with Crippen molar-refractivity contribution in [1.29, 1.82) is 0 Å². The number of anilines is 2. The van der Waals surface area contributed by atoms with Crippen molar-refractivity contribution in [2.24, 2.45) is 5.92 Å². The molecule has 0 aliphatic carbocycles. The van der Waals surface area contributed by atoms with Crippen LogP contribution in [0.3, 0.4) is 0 Å². The van der Waals surface area contributed by atoms with Gasteiger partial charge in [-0.05, 0) is 18.4 Å². The minimum Gasteiger partial charge on any atom is -0.465 e. The summed E-state index contributed by atoms with van der Waals surface area (Å²) in [7, 11) is 0. The third-order valence-corrected chi connectivity index (χ3v) is 5.55. The first kappa shape index (κ1) is 19.9. The second kappa shape index (κ2) is 8.25. The van der Waals surface area contributed by atoms with Gasteiger partial charge in [-0.2, -0.15) is 15.2 Å². The van der Waals surface area contributed by atoms with E-state index in [9.17, 15) is 9.18 Å². The van der Waals surface area contributed by atoms with E-state index in [0.717, 1.165) is 17.5 Å². The van der Waals surface area contributed by atoms with Gasteiger partial charge >= 0.3 is 6.09 Å². The highest BCUT2D eigenvalue weighted by Gasteiger charge is 2.26. The maximum absolute atomic E-state index is 14.0. The Labute approximate surface area is 182 Å². The summed E-state index contributed by atoms with van der Waals surface area (Å²) >= 11 is 0. The van der Waals surface area contributed by atoms with E-state index in [2.05, 4.69) is 25.5 Å². The average molecular weight is 436 g/mol. The molecular formula is C21H21FN8O2. The van der Waals surface area contributed by atoms with Gasteiger partial charge in [-0.25, -0.2) is 18.9 Å². The molecule has 0 saturated carbocycles. The van der Waals surface area contributed by atoms with Gasteiger partial charge < -0.3 is 15.3 Å². The molecule has 0 spiro atoms. The molecule has 11 heteroatoms. The van der Waals surface area contributed by atoms with Crippen molar-refractivity contribution in [3.63, 3.8) is 0 Å². The maximum atomic E-state index is 14.0. The number of hydrogen-bond donors (Lipinski definition) is 2. The van der Waals surface area contributed by atoms with Gasteiger partial charge in [-0.3, -0.25) is 4.68 Å². The van der Waals surface area contributed by atoms with Gasteiger partial charge in [0.2, 0.25) is 5.95 Å². The molecule has 0 radical (unpaired) electrons. The highest BCUT2D eigenvalue weighted by atomic mass is 19.1. The predicted molar refractivity (Wildman–Crippen MR) is 114 cm³/mol. The second-order valence-electron chi connectivity index (χ2n) is 7.83. The first-order valence-corrected chi connectivity index (χ1v) is 10.2. The predicted octanol–water partition coefficient (Wildman–Crippen LogP) is 2.95. The van der Waals surface area contributed by atoms with Gasteiger partial charge in [0.25, 0.3) is 0 Å². The van der Waals surface area contributed by atoms with Crippen LogP contribution in [-0.4, -0.2) is 58.7 Å². The zero-order valence-electron chi connectivity index (χ0n) is 17.1. The molecule has 1 unspecified atom stereocenters. The number of nitrogens with zero attached hydrogens (tertiary/aromatic N) is 7. The molecule has 5 rings (SSSR count). The number of carbonyl (C=O) groups is 1. The van der Waals surface area contributed by atoms with Gasteiger partial charge in [-0.1, -0.05) is 18.2 Å². The summed E-state index contributed by atoms with van der Waals surface area (Å²) in [4.78, 5) is 21.4. The number of amides is 1. The Bertz CT molecular complexity index is 1270. The Balaban J connectivity index is 1.29. The van der Waals surface area contributed by atoms with Crippen molar-refractivity contribution in [3.8, 4) is 0 Å². The van der Waals surface area contributed by atoms with Crippen LogP contribution in [-0.2, 0) is 13.1 Å². The lowest BCUT2D eigenvalue weighted by Crippen LogP contribution is -2.27. The monoisotopic (exact) mass is 436 g/mol. The van der Waals surface area contributed by atoms with E-state index in [1.54, 1.807) is 46.2 Å². The number of nitrogens with one attached hydrogen (secondary N) is 1. The molecule has 1 fully saturated rings. The van der Waals surface area contributed by atoms with Crippen LogP contribution in [0.5, 0.6) is 0 Å². The smallest absolute Gasteiger partial charge is 0.407 e. The summed E-state index contributed by atoms with van der Waals surface area (Å²) in [6.45, 7) is 1.98. The lowest BCUT2D eigenvalue weighted by atomic mass is 10.1. The van der Waals surface area contributed by atoms with Crippen molar-refractivity contribution in [3.05, 3.63) is 60.4 Å². The summed E-state index contributed by atoms with van der Waals surface area (Å²) in [5.74, 6) is 0.328. The molecule has 32 heavy (non-hydrogen) atoms. The molecule has 1 aromatic carbocycles. The molecule has 2 N–H and O–H groups in total. The van der Waals surface area contributed by atoms with E-state index in [1.807, 2.05) is 6.20 Å². The van der Waals surface area contributed by atoms with E-state index in [4.69, 9.17) is 5.11 Å². The summed E-state index contributed by atoms with van der Waals surface area (Å²) in [5, 5.41) is 21.7. The fourth-order valence-electron chi connectivity index (χ4n) is 3.91. The minimum atomic E-state index is -0.878. The van der Waals surface area contributed by atoms with Crippen LogP contribution in [0, 0.1) is 11.7 Å². The molecule has 0 bridgehead atoms. The van der Waals surface area contributed by atoms with Gasteiger partial charge in [0.1, 0.15) is 5.82 Å². The van der Waals surface area contributed by atoms with Crippen molar-refractivity contribution in [2.75, 3.05) is 18.4 Å². The van der Waals surface area contributed by atoms with E-state index < -0.39 is 6.09 Å². The molecule has 1 aliphatic rings. The molecule has 1 atom stereocenters. The fourth-order valence-corrected chi connectivity index (χ4v) is 3.91. The molecule has 4 aromatic rings. The number of fused-ring (bicyclic) bond motifs is 1. The highest BCUT2D eigenvalue weighted by molar-refractivity contribution is 5.75. The second-order valence-corrected chi connectivity index (χ2v) is 7.83. The fraction of sp³-hybridized carbons (Fsp3) is 0.286. The Morgan fingerprint density at radius 1 is 1.22 bits per heavy atom. The number of rotatable bonds is 6. The van der Waals surface area contributed by atoms with Crippen LogP contribution in [0.4, 0.5) is 20.8 Å². The summed E-state index contributed by atoms with van der Waals surface area (Å²) in [5.41, 5.74) is 1.84. The summed E-state index contributed by atoms with van der Waals surface area (Å²) in [6.07, 6.45) is 6.78. The van der Waals surface area contributed by atoms with Gasteiger partial charge in [-0.15, -0.1) is 0 Å². The molecule has 10 nitrogen and oxygen atoms in total. The van der Waals surface area contributed by atoms with E-state index in [-0.39, 0.29) is 18.3 Å². The van der Waals surface area contributed by atoms with Crippen LogP contribution >= 0.6 is 0 Å². The average Bonchev–Trinajstić information content (AvgIpc) is 3.51. The maximum Gasteiger partial charge on any atom is 0.407 e. The van der Waals surface area contributed by atoms with Crippen LogP contribution in [0.2, 0.25) is 0 Å².